The van der Waals surface area contributed by atoms with Gasteiger partial charge in [-0.1, -0.05) is 50.5 Å². The van der Waals surface area contributed by atoms with E-state index in [2.05, 4.69) is 22.2 Å². The SMILES string of the molecule is CCCCCCc1ccc(S(=O)(=O)Oc2cccc(Nc3nc(-c4ccccn4)cs3)c2)cc1. The van der Waals surface area contributed by atoms with E-state index in [1.165, 1.54) is 30.6 Å². The van der Waals surface area contributed by atoms with Gasteiger partial charge in [0.15, 0.2) is 5.13 Å². The maximum Gasteiger partial charge on any atom is 0.339 e. The van der Waals surface area contributed by atoms with Crippen molar-refractivity contribution in [2.24, 2.45) is 0 Å². The fourth-order valence-corrected chi connectivity index (χ4v) is 5.11. The number of hydrogen-bond donors (Lipinski definition) is 1. The van der Waals surface area contributed by atoms with Crippen LogP contribution in [0.3, 0.4) is 0 Å². The van der Waals surface area contributed by atoms with Crippen molar-refractivity contribution in [3.8, 4) is 17.1 Å². The molecule has 0 amide bonds. The largest absolute Gasteiger partial charge is 0.379 e. The van der Waals surface area contributed by atoms with Gasteiger partial charge in [0.2, 0.25) is 0 Å². The minimum absolute atomic E-state index is 0.142. The van der Waals surface area contributed by atoms with Crippen LogP contribution in [0, 0.1) is 0 Å². The molecule has 0 unspecified atom stereocenters. The second-order valence-corrected chi connectivity index (χ2v) is 10.3. The van der Waals surface area contributed by atoms with Crippen molar-refractivity contribution in [2.45, 2.75) is 43.9 Å². The van der Waals surface area contributed by atoms with Crippen LogP contribution in [0.5, 0.6) is 5.75 Å². The summed E-state index contributed by atoms with van der Waals surface area (Å²) >= 11 is 1.44. The van der Waals surface area contributed by atoms with Crippen LogP contribution in [0.15, 0.2) is 83.2 Å². The maximum absolute atomic E-state index is 12.8. The molecule has 0 fully saturated rings. The summed E-state index contributed by atoms with van der Waals surface area (Å²) in [6, 6.07) is 19.4. The Bertz CT molecular complexity index is 1300. The molecule has 6 nitrogen and oxygen atoms in total. The number of pyridine rings is 1. The molecule has 0 bridgehead atoms. The number of unbranched alkanes of at least 4 members (excludes halogenated alkanes) is 3. The number of thiazole rings is 1. The molecule has 4 aromatic rings. The van der Waals surface area contributed by atoms with Crippen molar-refractivity contribution < 1.29 is 12.6 Å². The smallest absolute Gasteiger partial charge is 0.339 e. The normalized spacial score (nSPS) is 11.3. The molecule has 1 N–H and O–H groups in total. The van der Waals surface area contributed by atoms with Gasteiger partial charge in [-0.2, -0.15) is 8.42 Å². The maximum atomic E-state index is 12.8. The quantitative estimate of drug-likeness (QED) is 0.182. The van der Waals surface area contributed by atoms with Gasteiger partial charge >= 0.3 is 10.1 Å². The molecular weight excluding hydrogens is 466 g/mol. The lowest BCUT2D eigenvalue weighted by Crippen LogP contribution is -2.10. The van der Waals surface area contributed by atoms with Crippen LogP contribution >= 0.6 is 11.3 Å². The van der Waals surface area contributed by atoms with Crippen LogP contribution in [0.1, 0.15) is 38.2 Å². The highest BCUT2D eigenvalue weighted by molar-refractivity contribution is 7.87. The third-order valence-electron chi connectivity index (χ3n) is 5.25. The van der Waals surface area contributed by atoms with Gasteiger partial charge in [-0.05, 0) is 54.8 Å². The molecular formula is C26H27N3O3S2. The van der Waals surface area contributed by atoms with E-state index in [0.29, 0.717) is 10.8 Å². The Hall–Kier alpha value is -3.23. The molecule has 4 rings (SSSR count). The number of hydrogen-bond acceptors (Lipinski definition) is 7. The number of anilines is 2. The van der Waals surface area contributed by atoms with Gasteiger partial charge in [0.25, 0.3) is 0 Å². The second-order valence-electron chi connectivity index (χ2n) is 7.90. The zero-order valence-electron chi connectivity index (χ0n) is 19.0. The molecule has 0 saturated heterocycles. The third-order valence-corrected chi connectivity index (χ3v) is 7.27. The molecule has 0 atom stereocenters. The van der Waals surface area contributed by atoms with E-state index >= 15 is 0 Å². The summed E-state index contributed by atoms with van der Waals surface area (Å²) in [5.74, 6) is 0.232. The van der Waals surface area contributed by atoms with Crippen LogP contribution in [-0.4, -0.2) is 18.4 Å². The number of rotatable bonds is 11. The first-order valence-corrected chi connectivity index (χ1v) is 13.6. The van der Waals surface area contributed by atoms with Crippen molar-refractivity contribution in [3.63, 3.8) is 0 Å². The first-order chi connectivity index (χ1) is 16.5. The molecule has 8 heteroatoms. The van der Waals surface area contributed by atoms with Crippen molar-refractivity contribution in [1.29, 1.82) is 0 Å². The first-order valence-electron chi connectivity index (χ1n) is 11.3. The van der Waals surface area contributed by atoms with E-state index in [-0.39, 0.29) is 10.6 Å². The average Bonchev–Trinajstić information content (AvgIpc) is 3.31. The number of nitrogens with zero attached hydrogens (tertiary/aromatic N) is 2. The van der Waals surface area contributed by atoms with Crippen LogP contribution in [0.2, 0.25) is 0 Å². The molecule has 0 saturated carbocycles. The summed E-state index contributed by atoms with van der Waals surface area (Å²) in [6.45, 7) is 2.18. The zero-order chi connectivity index (χ0) is 23.8. The van der Waals surface area contributed by atoms with Gasteiger partial charge in [-0.15, -0.1) is 11.3 Å². The minimum Gasteiger partial charge on any atom is -0.379 e. The van der Waals surface area contributed by atoms with Crippen LogP contribution < -0.4 is 9.50 Å². The Morgan fingerprint density at radius 2 is 1.79 bits per heavy atom. The first kappa shape index (κ1) is 23.9. The number of aromatic nitrogens is 2. The lowest BCUT2D eigenvalue weighted by atomic mass is 10.1. The molecule has 0 aliphatic heterocycles. The van der Waals surface area contributed by atoms with Gasteiger partial charge in [-0.3, -0.25) is 4.98 Å². The van der Waals surface area contributed by atoms with E-state index < -0.39 is 10.1 Å². The van der Waals surface area contributed by atoms with E-state index in [1.54, 1.807) is 36.5 Å². The summed E-state index contributed by atoms with van der Waals surface area (Å²) in [7, 11) is -3.93. The van der Waals surface area contributed by atoms with Crippen molar-refractivity contribution in [1.82, 2.24) is 9.97 Å². The van der Waals surface area contributed by atoms with E-state index in [9.17, 15) is 8.42 Å². The summed E-state index contributed by atoms with van der Waals surface area (Å²) in [6.07, 6.45) is 7.40. The fourth-order valence-electron chi connectivity index (χ4n) is 3.47. The van der Waals surface area contributed by atoms with Gasteiger partial charge in [-0.25, -0.2) is 4.98 Å². The monoisotopic (exact) mass is 493 g/mol. The Labute approximate surface area is 204 Å². The Balaban J connectivity index is 1.40. The van der Waals surface area contributed by atoms with Gasteiger partial charge in [0.1, 0.15) is 16.3 Å². The standard InChI is InChI=1S/C26H27N3O3S2/c1-2-3-4-5-9-20-13-15-23(16-14-20)34(30,31)32-22-11-8-10-21(18-22)28-26-29-25(19-33-26)24-12-6-7-17-27-24/h6-8,10-19H,2-5,9H2,1H3,(H,28,29). The number of aryl methyl sites for hydroxylation is 1. The third kappa shape index (κ3) is 6.42. The molecule has 176 valence electrons. The predicted octanol–water partition coefficient (Wildman–Crippen LogP) is 6.84. The highest BCUT2D eigenvalue weighted by Gasteiger charge is 2.17. The molecule has 0 aliphatic carbocycles. The Morgan fingerprint density at radius 3 is 2.56 bits per heavy atom. The molecule has 0 aliphatic rings. The average molecular weight is 494 g/mol. The van der Waals surface area contributed by atoms with Crippen LogP contribution in [-0.2, 0) is 16.5 Å². The van der Waals surface area contributed by atoms with E-state index in [1.807, 2.05) is 41.8 Å². The molecule has 34 heavy (non-hydrogen) atoms. The zero-order valence-corrected chi connectivity index (χ0v) is 20.6. The Morgan fingerprint density at radius 1 is 0.941 bits per heavy atom. The van der Waals surface area contributed by atoms with E-state index in [0.717, 1.165) is 29.8 Å². The highest BCUT2D eigenvalue weighted by Crippen LogP contribution is 2.28. The summed E-state index contributed by atoms with van der Waals surface area (Å²) < 4.78 is 31.0. The lowest BCUT2D eigenvalue weighted by molar-refractivity contribution is 0.486. The van der Waals surface area contributed by atoms with Gasteiger partial charge in [0, 0.05) is 23.3 Å². The van der Waals surface area contributed by atoms with Crippen LogP contribution in [0.25, 0.3) is 11.4 Å². The van der Waals surface area contributed by atoms with E-state index in [4.69, 9.17) is 4.18 Å². The number of nitrogens with one attached hydrogen (secondary N) is 1. The Kier molecular flexibility index (Phi) is 7.92. The summed E-state index contributed by atoms with van der Waals surface area (Å²) in [5.41, 5.74) is 3.38. The number of benzene rings is 2. The predicted molar refractivity (Wildman–Crippen MR) is 137 cm³/mol. The molecule has 2 aromatic heterocycles. The van der Waals surface area contributed by atoms with Crippen molar-refractivity contribution >= 4 is 32.3 Å². The van der Waals surface area contributed by atoms with Gasteiger partial charge in [0.05, 0.1) is 5.69 Å². The van der Waals surface area contributed by atoms with Crippen molar-refractivity contribution in [2.75, 3.05) is 5.32 Å². The molecule has 2 aromatic carbocycles. The van der Waals surface area contributed by atoms with Crippen molar-refractivity contribution in [3.05, 3.63) is 83.9 Å². The summed E-state index contributed by atoms with van der Waals surface area (Å²) in [4.78, 5) is 9.00. The topological polar surface area (TPSA) is 81.2 Å². The molecule has 2 heterocycles. The van der Waals surface area contributed by atoms with Crippen LogP contribution in [0.4, 0.5) is 10.8 Å². The second kappa shape index (κ2) is 11.3. The highest BCUT2D eigenvalue weighted by atomic mass is 32.2. The molecule has 0 spiro atoms. The summed E-state index contributed by atoms with van der Waals surface area (Å²) in [5, 5.41) is 5.80. The minimum atomic E-state index is -3.93. The van der Waals surface area contributed by atoms with Gasteiger partial charge < -0.3 is 9.50 Å². The lowest BCUT2D eigenvalue weighted by Gasteiger charge is -2.10. The fraction of sp³-hybridized carbons (Fsp3) is 0.231. The molecule has 0 radical (unpaired) electrons.